The molecule has 9 aromatic carbocycles. The lowest BCUT2D eigenvalue weighted by atomic mass is 9.34. The van der Waals surface area contributed by atoms with Gasteiger partial charge in [0.25, 0.3) is 6.71 Å². The van der Waals surface area contributed by atoms with Crippen LogP contribution in [0.3, 0.4) is 0 Å². The minimum absolute atomic E-state index is 0.0984. The monoisotopic (exact) mass is 666 g/mol. The number of nitrogens with zero attached hydrogens (tertiary/aromatic N) is 2. The molecular weight excluding hydrogens is 639 g/mol. The van der Waals surface area contributed by atoms with Crippen LogP contribution in [0.25, 0.3) is 110 Å². The topological polar surface area (TPSA) is 9.86 Å². The van der Waals surface area contributed by atoms with Crippen LogP contribution in [0.15, 0.2) is 164 Å². The molecule has 0 bridgehead atoms. The van der Waals surface area contributed by atoms with Gasteiger partial charge in [0.05, 0.1) is 16.6 Å². The highest BCUT2D eigenvalue weighted by molar-refractivity contribution is 7.00. The molecule has 2 nitrogen and oxygen atoms in total. The van der Waals surface area contributed by atoms with Crippen LogP contribution in [-0.4, -0.2) is 15.8 Å². The number of rotatable bonds is 1. The second-order valence-corrected chi connectivity index (χ2v) is 15.2. The van der Waals surface area contributed by atoms with Gasteiger partial charge in [0.1, 0.15) is 0 Å². The Labute approximate surface area is 304 Å². The quantitative estimate of drug-likeness (QED) is 0.154. The van der Waals surface area contributed by atoms with E-state index >= 15 is 0 Å². The SMILES string of the molecule is c1ccc2c(c1)-c1cccc3ccc4c(c13)c1c-2ccc2c1n4-c1cc(-c3ccc4ccccc4c3)cc3c1B2c1cccc2c4ccccc4n-3c12. The van der Waals surface area contributed by atoms with Crippen molar-refractivity contribution in [1.29, 1.82) is 0 Å². The Morgan fingerprint density at radius 2 is 1.02 bits per heavy atom. The molecule has 53 heavy (non-hydrogen) atoms. The number of para-hydroxylation sites is 2. The molecule has 0 fully saturated rings. The first kappa shape index (κ1) is 26.9. The molecule has 2 aromatic heterocycles. The Balaban J connectivity index is 1.23. The van der Waals surface area contributed by atoms with Gasteiger partial charge in [-0.15, -0.1) is 0 Å². The van der Waals surface area contributed by atoms with E-state index in [0.717, 1.165) is 0 Å². The van der Waals surface area contributed by atoms with Crippen LogP contribution in [0.5, 0.6) is 0 Å². The van der Waals surface area contributed by atoms with Crippen molar-refractivity contribution < 1.29 is 0 Å². The molecule has 240 valence electrons. The third-order valence-corrected chi connectivity index (χ3v) is 12.8. The van der Waals surface area contributed by atoms with Crippen LogP contribution in [0.2, 0.25) is 0 Å². The first-order valence-electron chi connectivity index (χ1n) is 18.6. The van der Waals surface area contributed by atoms with Gasteiger partial charge in [0, 0.05) is 38.4 Å². The minimum atomic E-state index is 0.0984. The molecular formula is C50H27BN2. The Kier molecular flexibility index (Phi) is 4.64. The van der Waals surface area contributed by atoms with Gasteiger partial charge in [-0.1, -0.05) is 133 Å². The van der Waals surface area contributed by atoms with Crippen LogP contribution >= 0.6 is 0 Å². The van der Waals surface area contributed by atoms with Crippen molar-refractivity contribution >= 4 is 88.3 Å². The highest BCUT2D eigenvalue weighted by Gasteiger charge is 2.42. The smallest absolute Gasteiger partial charge is 0.252 e. The van der Waals surface area contributed by atoms with E-state index in [9.17, 15) is 0 Å². The first-order valence-corrected chi connectivity index (χ1v) is 18.6. The van der Waals surface area contributed by atoms with Crippen molar-refractivity contribution in [2.24, 2.45) is 0 Å². The van der Waals surface area contributed by atoms with Gasteiger partial charge in [-0.05, 0) is 102 Å². The number of hydrogen-bond acceptors (Lipinski definition) is 0. The van der Waals surface area contributed by atoms with Gasteiger partial charge in [-0.2, -0.15) is 0 Å². The molecule has 11 aromatic rings. The zero-order valence-corrected chi connectivity index (χ0v) is 28.6. The van der Waals surface area contributed by atoms with Gasteiger partial charge in [0.15, 0.2) is 0 Å². The van der Waals surface area contributed by atoms with Gasteiger partial charge < -0.3 is 9.13 Å². The van der Waals surface area contributed by atoms with Crippen LogP contribution in [0.1, 0.15) is 0 Å². The van der Waals surface area contributed by atoms with Crippen molar-refractivity contribution in [2.75, 3.05) is 0 Å². The standard InChI is InChI=1S/C50H27BN2/c1-2-10-30-25-31(20-19-28(30)9-1)32-26-43-48-44(27-32)53-42-24-21-29-11-7-15-36-33-12-3-4-13-34(33)37-22-23-40(50(53)46(37)47(42)45(29)36)51(48)39-17-8-16-38-35-14-5-6-18-41(35)52(43)49(38)39/h1-27H. The van der Waals surface area contributed by atoms with E-state index < -0.39 is 0 Å². The summed E-state index contributed by atoms with van der Waals surface area (Å²) in [5.41, 5.74) is 19.7. The summed E-state index contributed by atoms with van der Waals surface area (Å²) in [5, 5.41) is 10.5. The molecule has 2 aliphatic heterocycles. The van der Waals surface area contributed by atoms with Crippen molar-refractivity contribution in [2.45, 2.75) is 0 Å². The fourth-order valence-electron chi connectivity index (χ4n) is 10.7. The molecule has 4 heterocycles. The van der Waals surface area contributed by atoms with E-state index in [1.165, 1.54) is 126 Å². The molecule has 0 unspecified atom stereocenters. The minimum Gasteiger partial charge on any atom is -0.310 e. The number of benzene rings is 9. The van der Waals surface area contributed by atoms with E-state index in [1.54, 1.807) is 0 Å². The highest BCUT2D eigenvalue weighted by atomic mass is 15.0. The summed E-state index contributed by atoms with van der Waals surface area (Å²) in [5.74, 6) is 0. The summed E-state index contributed by atoms with van der Waals surface area (Å²) < 4.78 is 5.22. The van der Waals surface area contributed by atoms with Crippen molar-refractivity contribution in [1.82, 2.24) is 9.13 Å². The molecule has 3 heteroatoms. The third kappa shape index (κ3) is 3.08. The zero-order chi connectivity index (χ0) is 34.1. The molecule has 0 atom stereocenters. The maximum absolute atomic E-state index is 2.64. The van der Waals surface area contributed by atoms with Gasteiger partial charge in [-0.3, -0.25) is 0 Å². The second kappa shape index (κ2) is 9.14. The molecule has 3 aliphatic rings. The summed E-state index contributed by atoms with van der Waals surface area (Å²) in [4.78, 5) is 0. The van der Waals surface area contributed by atoms with Crippen LogP contribution in [0.4, 0.5) is 0 Å². The van der Waals surface area contributed by atoms with Crippen LogP contribution in [-0.2, 0) is 0 Å². The van der Waals surface area contributed by atoms with E-state index in [2.05, 4.69) is 173 Å². The molecule has 0 saturated carbocycles. The summed E-state index contributed by atoms with van der Waals surface area (Å²) in [6.07, 6.45) is 0. The van der Waals surface area contributed by atoms with Crippen molar-refractivity contribution in [3.05, 3.63) is 164 Å². The van der Waals surface area contributed by atoms with Gasteiger partial charge >= 0.3 is 0 Å². The summed E-state index contributed by atoms with van der Waals surface area (Å²) in [6.45, 7) is 0.0984. The lowest BCUT2D eigenvalue weighted by molar-refractivity contribution is 1.14. The third-order valence-electron chi connectivity index (χ3n) is 12.8. The van der Waals surface area contributed by atoms with Crippen molar-refractivity contribution in [3.63, 3.8) is 0 Å². The van der Waals surface area contributed by atoms with Crippen LogP contribution in [0, 0.1) is 0 Å². The summed E-state index contributed by atoms with van der Waals surface area (Å²) >= 11 is 0. The average molecular weight is 667 g/mol. The summed E-state index contributed by atoms with van der Waals surface area (Å²) in [7, 11) is 0. The molecule has 0 saturated heterocycles. The predicted molar refractivity (Wildman–Crippen MR) is 225 cm³/mol. The lowest BCUT2D eigenvalue weighted by Crippen LogP contribution is -2.59. The molecule has 0 N–H and O–H groups in total. The van der Waals surface area contributed by atoms with Crippen molar-refractivity contribution in [3.8, 4) is 44.8 Å². The van der Waals surface area contributed by atoms with Gasteiger partial charge in [-0.25, -0.2) is 0 Å². The largest absolute Gasteiger partial charge is 0.310 e. The fraction of sp³-hybridized carbons (Fsp3) is 0. The molecule has 0 amide bonds. The molecule has 14 rings (SSSR count). The Morgan fingerprint density at radius 3 is 1.91 bits per heavy atom. The van der Waals surface area contributed by atoms with E-state index in [1.807, 2.05) is 0 Å². The Hall–Kier alpha value is -6.84. The summed E-state index contributed by atoms with van der Waals surface area (Å²) in [6, 6.07) is 62.1. The number of fused-ring (bicyclic) bond motifs is 12. The normalized spacial score (nSPS) is 13.2. The molecule has 0 radical (unpaired) electrons. The van der Waals surface area contributed by atoms with E-state index in [-0.39, 0.29) is 6.71 Å². The lowest BCUT2D eigenvalue weighted by Gasteiger charge is -2.34. The Bertz CT molecular complexity index is 3520. The maximum Gasteiger partial charge on any atom is 0.252 e. The van der Waals surface area contributed by atoms with Crippen LogP contribution < -0.4 is 16.4 Å². The van der Waals surface area contributed by atoms with E-state index in [4.69, 9.17) is 0 Å². The Morgan fingerprint density at radius 1 is 0.358 bits per heavy atom. The second-order valence-electron chi connectivity index (χ2n) is 15.2. The van der Waals surface area contributed by atoms with E-state index in [0.29, 0.717) is 0 Å². The maximum atomic E-state index is 2.64. The number of aromatic nitrogens is 2. The fourth-order valence-corrected chi connectivity index (χ4v) is 10.7. The number of hydrogen-bond donors (Lipinski definition) is 0. The first-order chi connectivity index (χ1) is 26.3. The molecule has 0 spiro atoms. The zero-order valence-electron chi connectivity index (χ0n) is 28.6. The predicted octanol–water partition coefficient (Wildman–Crippen LogP) is 10.6. The highest BCUT2D eigenvalue weighted by Crippen LogP contribution is 2.50. The molecule has 1 aliphatic carbocycles. The van der Waals surface area contributed by atoms with Gasteiger partial charge in [0.2, 0.25) is 0 Å². The average Bonchev–Trinajstić information content (AvgIpc) is 3.71.